The number of aromatic amines is 1. The summed E-state index contributed by atoms with van der Waals surface area (Å²) in [5.41, 5.74) is 5.76. The van der Waals surface area contributed by atoms with Gasteiger partial charge in [0.1, 0.15) is 55.2 Å². The van der Waals surface area contributed by atoms with Crippen LogP contribution in [-0.4, -0.2) is 126 Å². The number of hydrogen-bond donors (Lipinski definition) is 7. The Hall–Kier alpha value is -6.86. The monoisotopic (exact) mass is 1110 g/mol. The summed E-state index contributed by atoms with van der Waals surface area (Å²) in [5, 5.41) is 33.9. The van der Waals surface area contributed by atoms with Crippen molar-refractivity contribution in [3.05, 3.63) is 96.6 Å². The second-order valence-corrected chi connectivity index (χ2v) is 18.9. The Morgan fingerprint density at radius 2 is 1.60 bits per heavy atom. The van der Waals surface area contributed by atoms with Crippen molar-refractivity contribution >= 4 is 84.9 Å². The van der Waals surface area contributed by atoms with Crippen LogP contribution < -0.4 is 32.4 Å². The van der Waals surface area contributed by atoms with Gasteiger partial charge in [-0.2, -0.15) is 0 Å². The predicted molar refractivity (Wildman–Crippen MR) is 274 cm³/mol. The number of amides is 5. The lowest BCUT2D eigenvalue weighted by Gasteiger charge is -2.44. The number of carbonyl (C=O) groups excluding carboxylic acids is 7. The molecule has 406 valence electrons. The van der Waals surface area contributed by atoms with Crippen LogP contribution >= 0.6 is 15.9 Å². The molecule has 0 spiro atoms. The van der Waals surface area contributed by atoms with Crippen LogP contribution in [-0.2, 0) is 59.1 Å². The molecule has 1 aliphatic heterocycles. The van der Waals surface area contributed by atoms with Crippen molar-refractivity contribution in [1.82, 2.24) is 26.3 Å². The van der Waals surface area contributed by atoms with Gasteiger partial charge in [-0.1, -0.05) is 84.8 Å². The number of nitro groups is 1. The van der Waals surface area contributed by atoms with Crippen LogP contribution in [0, 0.1) is 10.1 Å². The fourth-order valence-electron chi connectivity index (χ4n) is 8.39. The largest absolute Gasteiger partial charge is 0.469 e. The Kier molecular flexibility index (Phi) is 23.0. The molecule has 1 aromatic heterocycles. The molecule has 5 rings (SSSR count). The standard InChI is InChI=1S/C51H64BrN7O16/c1-29(49(67)58-35(48(53)66)21-23-40(62)71-3)55-39(61)28-73-47-44(56-30(2)60)51(74-26-31-15-11-10-12-16-31)75-38(46(47)65)27-72-41(63)17-13-8-6-4-5-7-9-14-24-54-50(68)34-20-22-37(59(69)70)43-42(34)45(64)33-19-18-32(52)25-36(33)57-43/h10-12,15-16,18-20,22,25,29,35,38,44,46-47,51,65H,4-9,13-14,17,21,23-24,26-28H2,1-3H3,(H2,53,66)(H,54,68)(H,55,61)(H,56,60)(H,57,64)(H,58,67)/t29-,35-,38?,44?,46?,47?,51?/m1/s1. The van der Waals surface area contributed by atoms with Gasteiger partial charge in [0.2, 0.25) is 23.6 Å². The Bertz CT molecular complexity index is 2720. The van der Waals surface area contributed by atoms with E-state index in [1.807, 2.05) is 6.07 Å². The molecule has 0 bridgehead atoms. The first-order valence-corrected chi connectivity index (χ1v) is 25.4. The third-order valence-corrected chi connectivity index (χ3v) is 12.8. The van der Waals surface area contributed by atoms with Gasteiger partial charge in [0.15, 0.2) is 11.7 Å². The highest BCUT2D eigenvalue weighted by Gasteiger charge is 2.48. The quantitative estimate of drug-likeness (QED) is 0.0134. The number of primary amides is 1. The number of carbonyl (C=O) groups is 7. The average Bonchev–Trinajstić information content (AvgIpc) is 3.37. The molecule has 0 saturated carbocycles. The number of ether oxygens (including phenoxy) is 5. The number of aliphatic hydroxyl groups excluding tert-OH is 1. The number of pyridine rings is 1. The number of aromatic nitrogens is 1. The highest BCUT2D eigenvalue weighted by molar-refractivity contribution is 9.10. The highest BCUT2D eigenvalue weighted by atomic mass is 79.9. The van der Waals surface area contributed by atoms with E-state index in [9.17, 15) is 53.6 Å². The van der Waals surface area contributed by atoms with E-state index in [1.165, 1.54) is 33.1 Å². The molecule has 75 heavy (non-hydrogen) atoms. The molecule has 2 heterocycles. The number of unbranched alkanes of at least 4 members (excludes halogenated alkanes) is 7. The van der Waals surface area contributed by atoms with Crippen molar-refractivity contribution < 1.29 is 67.3 Å². The molecule has 7 atom stereocenters. The predicted octanol–water partition coefficient (Wildman–Crippen LogP) is 3.76. The molecule has 5 unspecified atom stereocenters. The molecule has 5 amide bonds. The first kappa shape index (κ1) is 59.0. The van der Waals surface area contributed by atoms with Gasteiger partial charge in [-0.25, -0.2) is 0 Å². The van der Waals surface area contributed by atoms with E-state index in [4.69, 9.17) is 24.7 Å². The second-order valence-electron chi connectivity index (χ2n) is 18.0. The minimum Gasteiger partial charge on any atom is -0.469 e. The molecule has 24 heteroatoms. The topological polar surface area (TPSA) is 336 Å². The van der Waals surface area contributed by atoms with Gasteiger partial charge in [-0.05, 0) is 56.0 Å². The number of nitrogens with one attached hydrogen (secondary N) is 5. The van der Waals surface area contributed by atoms with Crippen molar-refractivity contribution in [1.29, 1.82) is 0 Å². The van der Waals surface area contributed by atoms with E-state index in [0.29, 0.717) is 34.8 Å². The molecule has 3 aromatic carbocycles. The van der Waals surface area contributed by atoms with Crippen LogP contribution in [0.25, 0.3) is 21.8 Å². The van der Waals surface area contributed by atoms with Crippen molar-refractivity contribution in [2.75, 3.05) is 26.9 Å². The van der Waals surface area contributed by atoms with E-state index in [0.717, 1.165) is 44.1 Å². The highest BCUT2D eigenvalue weighted by Crippen LogP contribution is 2.29. The van der Waals surface area contributed by atoms with E-state index >= 15 is 0 Å². The Morgan fingerprint density at radius 3 is 2.27 bits per heavy atom. The molecule has 1 fully saturated rings. The molecule has 0 radical (unpaired) electrons. The van der Waals surface area contributed by atoms with Crippen molar-refractivity contribution in [3.63, 3.8) is 0 Å². The van der Waals surface area contributed by atoms with Crippen LogP contribution in [0.3, 0.4) is 0 Å². The van der Waals surface area contributed by atoms with Crippen LogP contribution in [0.15, 0.2) is 69.9 Å². The number of nitro benzene ring substituents is 1. The van der Waals surface area contributed by atoms with Gasteiger partial charge in [-0.15, -0.1) is 0 Å². The Labute approximate surface area is 439 Å². The van der Waals surface area contributed by atoms with Crippen LogP contribution in [0.5, 0.6) is 0 Å². The molecule has 1 saturated heterocycles. The van der Waals surface area contributed by atoms with Crippen molar-refractivity contribution in [3.8, 4) is 0 Å². The zero-order valence-electron chi connectivity index (χ0n) is 41.9. The van der Waals surface area contributed by atoms with Gasteiger partial charge in [0.05, 0.1) is 35.1 Å². The van der Waals surface area contributed by atoms with Crippen molar-refractivity contribution in [2.45, 2.75) is 134 Å². The van der Waals surface area contributed by atoms with E-state index in [2.05, 4.69) is 46.9 Å². The fourth-order valence-corrected chi connectivity index (χ4v) is 8.75. The fraction of sp³-hybridized carbons (Fsp3) is 0.490. The summed E-state index contributed by atoms with van der Waals surface area (Å²) < 4.78 is 28.8. The third kappa shape index (κ3) is 17.6. The maximum Gasteiger partial charge on any atom is 0.305 e. The van der Waals surface area contributed by atoms with Crippen molar-refractivity contribution in [2.24, 2.45) is 5.73 Å². The lowest BCUT2D eigenvalue weighted by molar-refractivity contribution is -0.383. The normalized spacial score (nSPS) is 18.1. The molecular weight excluding hydrogens is 1050 g/mol. The Morgan fingerprint density at radius 1 is 0.907 bits per heavy atom. The first-order chi connectivity index (χ1) is 35.9. The van der Waals surface area contributed by atoms with Gasteiger partial charge in [0, 0.05) is 42.2 Å². The lowest BCUT2D eigenvalue weighted by Crippen LogP contribution is -2.65. The molecular formula is C51H64BrN7O16. The zero-order chi connectivity index (χ0) is 54.6. The van der Waals surface area contributed by atoms with Gasteiger partial charge in [0.25, 0.3) is 11.6 Å². The number of non-ortho nitro benzene ring substituents is 1. The maximum atomic E-state index is 13.5. The minimum absolute atomic E-state index is 0.0131. The van der Waals surface area contributed by atoms with Gasteiger partial charge in [-0.3, -0.25) is 48.5 Å². The minimum atomic E-state index is -1.56. The number of H-pyrrole nitrogens is 1. The number of nitrogens with two attached hydrogens (primary N) is 1. The summed E-state index contributed by atoms with van der Waals surface area (Å²) in [4.78, 5) is 116. The number of halogens is 1. The van der Waals surface area contributed by atoms with Crippen LogP contribution in [0.4, 0.5) is 5.69 Å². The molecule has 4 aromatic rings. The summed E-state index contributed by atoms with van der Waals surface area (Å²) in [6.07, 6.45) is 0.726. The molecule has 23 nitrogen and oxygen atoms in total. The first-order valence-electron chi connectivity index (χ1n) is 24.6. The molecule has 1 aliphatic rings. The summed E-state index contributed by atoms with van der Waals surface area (Å²) >= 11 is 3.35. The van der Waals surface area contributed by atoms with E-state index in [-0.39, 0.29) is 48.0 Å². The van der Waals surface area contributed by atoms with Crippen LogP contribution in [0.2, 0.25) is 0 Å². The smallest absolute Gasteiger partial charge is 0.305 e. The van der Waals surface area contributed by atoms with E-state index in [1.54, 1.807) is 42.5 Å². The number of hydrogen-bond acceptors (Lipinski definition) is 16. The number of esters is 2. The Balaban J connectivity index is 1.05. The average molecular weight is 1110 g/mol. The number of rotatable bonds is 29. The summed E-state index contributed by atoms with van der Waals surface area (Å²) in [6, 6.07) is 12.9. The number of benzene rings is 3. The summed E-state index contributed by atoms with van der Waals surface area (Å²) in [7, 11) is 1.17. The second kappa shape index (κ2) is 29.3. The number of fused-ring (bicyclic) bond motifs is 2. The molecule has 0 aliphatic carbocycles. The SMILES string of the molecule is COC(=O)CC[C@@H](NC(=O)[C@@H](C)NC(=O)COC1C(O)C(COC(=O)CCCCCCCCCCNC(=O)c2ccc([N+](=O)[O-])c3[nH]c4cc(Br)ccc4c(=O)c23)OC(OCc2ccccc2)C1NC(C)=O)C(N)=O. The van der Waals surface area contributed by atoms with E-state index < -0.39 is 108 Å². The summed E-state index contributed by atoms with van der Waals surface area (Å²) in [5.74, 6) is -4.70. The van der Waals surface area contributed by atoms with Crippen LogP contribution in [0.1, 0.15) is 100 Å². The lowest BCUT2D eigenvalue weighted by atomic mass is 9.96. The van der Waals surface area contributed by atoms with Gasteiger partial charge >= 0.3 is 11.9 Å². The zero-order valence-corrected chi connectivity index (χ0v) is 43.5. The maximum absolute atomic E-state index is 13.5. The number of nitrogens with zero attached hydrogens (tertiary/aromatic N) is 1. The van der Waals surface area contributed by atoms with Gasteiger partial charge < -0.3 is 60.8 Å². The number of methoxy groups -OCH3 is 1. The molecule has 8 N–H and O–H groups in total. The summed E-state index contributed by atoms with van der Waals surface area (Å²) in [6.45, 7) is 1.78. The third-order valence-electron chi connectivity index (χ3n) is 12.3. The number of aliphatic hydroxyl groups is 1.